The van der Waals surface area contributed by atoms with E-state index in [4.69, 9.17) is 4.74 Å². The number of ether oxygens (including phenoxy) is 1. The molecule has 8 heteroatoms. The van der Waals surface area contributed by atoms with Gasteiger partial charge in [-0.2, -0.15) is 12.6 Å². The van der Waals surface area contributed by atoms with Gasteiger partial charge in [-0.3, -0.25) is 9.59 Å². The smallest absolute Gasteiger partial charge is 0.408 e. The van der Waals surface area contributed by atoms with Gasteiger partial charge in [-0.05, 0) is 59.6 Å². The molecule has 36 heavy (non-hydrogen) atoms. The van der Waals surface area contributed by atoms with E-state index in [0.717, 1.165) is 11.1 Å². The first kappa shape index (κ1) is 29.2. The molecule has 0 aliphatic heterocycles. The van der Waals surface area contributed by atoms with Crippen LogP contribution in [-0.2, 0) is 20.9 Å². The summed E-state index contributed by atoms with van der Waals surface area (Å²) in [6.07, 6.45) is -0.718. The fraction of sp³-hybridized carbons (Fsp3) is 0.464. The summed E-state index contributed by atoms with van der Waals surface area (Å²) in [5, 5.41) is 5.62. The summed E-state index contributed by atoms with van der Waals surface area (Å²) in [5.41, 5.74) is 1.11. The zero-order valence-corrected chi connectivity index (χ0v) is 23.2. The summed E-state index contributed by atoms with van der Waals surface area (Å²) in [5.74, 6) is -0.704. The third-order valence-electron chi connectivity index (χ3n) is 5.31. The maximum absolute atomic E-state index is 13.9. The number of thiol groups is 1. The number of carbonyl (C=O) groups is 3. The van der Waals surface area contributed by atoms with Crippen molar-refractivity contribution in [1.82, 2.24) is 15.5 Å². The van der Waals surface area contributed by atoms with Crippen molar-refractivity contribution in [3.63, 3.8) is 0 Å². The Morgan fingerprint density at radius 1 is 0.972 bits per heavy atom. The van der Waals surface area contributed by atoms with E-state index in [2.05, 4.69) is 23.3 Å². The van der Waals surface area contributed by atoms with Gasteiger partial charge in [0, 0.05) is 17.8 Å². The molecule has 2 unspecified atom stereocenters. The fourth-order valence-corrected chi connectivity index (χ4v) is 4.04. The number of hydrogen-bond donors (Lipinski definition) is 3. The Morgan fingerprint density at radius 3 is 2.14 bits per heavy atom. The minimum Gasteiger partial charge on any atom is -0.444 e. The van der Waals surface area contributed by atoms with Crippen LogP contribution < -0.4 is 10.6 Å². The minimum absolute atomic E-state index is 0.0385. The molecule has 2 aromatic rings. The number of carbonyl (C=O) groups excluding carboxylic acids is 3. The van der Waals surface area contributed by atoms with E-state index in [1.807, 2.05) is 82.3 Å². The molecular weight excluding hydrogens is 474 g/mol. The molecule has 0 aliphatic carbocycles. The number of amides is 3. The van der Waals surface area contributed by atoms with Gasteiger partial charge >= 0.3 is 6.09 Å². The molecule has 0 aliphatic rings. The van der Waals surface area contributed by atoms with Crippen LogP contribution in [0.5, 0.6) is 0 Å². The van der Waals surface area contributed by atoms with Crippen molar-refractivity contribution >= 4 is 30.5 Å². The van der Waals surface area contributed by atoms with E-state index in [9.17, 15) is 14.4 Å². The topological polar surface area (TPSA) is 87.7 Å². The summed E-state index contributed by atoms with van der Waals surface area (Å²) in [7, 11) is 0. The van der Waals surface area contributed by atoms with E-state index in [1.165, 1.54) is 4.90 Å². The first-order chi connectivity index (χ1) is 16.7. The highest BCUT2D eigenvalue weighted by atomic mass is 32.1. The second-order valence-electron chi connectivity index (χ2n) is 10.8. The van der Waals surface area contributed by atoms with Crippen LogP contribution in [-0.4, -0.2) is 45.7 Å². The highest BCUT2D eigenvalue weighted by molar-refractivity contribution is 7.80. The van der Waals surface area contributed by atoms with E-state index in [-0.39, 0.29) is 11.7 Å². The normalized spacial score (nSPS) is 13.3. The summed E-state index contributed by atoms with van der Waals surface area (Å²) in [6.45, 7) is 13.1. The quantitative estimate of drug-likeness (QED) is 0.443. The lowest BCUT2D eigenvalue weighted by atomic mass is 9.94. The van der Waals surface area contributed by atoms with Crippen molar-refractivity contribution in [3.8, 4) is 0 Å². The van der Waals surface area contributed by atoms with Crippen molar-refractivity contribution in [2.24, 2.45) is 0 Å². The average Bonchev–Trinajstić information content (AvgIpc) is 2.77. The first-order valence-corrected chi connectivity index (χ1v) is 12.7. The molecule has 0 saturated carbocycles. The third-order valence-corrected chi connectivity index (χ3v) is 5.67. The largest absolute Gasteiger partial charge is 0.444 e. The van der Waals surface area contributed by atoms with Crippen molar-refractivity contribution in [2.75, 3.05) is 5.75 Å². The van der Waals surface area contributed by atoms with Gasteiger partial charge in [0.25, 0.3) is 0 Å². The lowest BCUT2D eigenvalue weighted by Gasteiger charge is -2.43. The van der Waals surface area contributed by atoms with Crippen LogP contribution in [0.15, 0.2) is 54.6 Å². The van der Waals surface area contributed by atoms with E-state index in [0.29, 0.717) is 12.1 Å². The molecule has 0 saturated heterocycles. The molecule has 2 rings (SSSR count). The van der Waals surface area contributed by atoms with Gasteiger partial charge < -0.3 is 20.3 Å². The highest BCUT2D eigenvalue weighted by Gasteiger charge is 2.41. The Labute approximate surface area is 220 Å². The third kappa shape index (κ3) is 8.59. The monoisotopic (exact) mass is 513 g/mol. The Kier molecular flexibility index (Phi) is 9.99. The highest BCUT2D eigenvalue weighted by Crippen LogP contribution is 2.30. The van der Waals surface area contributed by atoms with Gasteiger partial charge in [-0.15, -0.1) is 0 Å². The van der Waals surface area contributed by atoms with Crippen LogP contribution in [0.4, 0.5) is 4.79 Å². The molecule has 3 amide bonds. The van der Waals surface area contributed by atoms with Crippen molar-refractivity contribution in [1.29, 1.82) is 0 Å². The second-order valence-corrected chi connectivity index (χ2v) is 11.1. The van der Waals surface area contributed by atoms with E-state index < -0.39 is 35.2 Å². The lowest BCUT2D eigenvalue weighted by molar-refractivity contribution is -0.148. The van der Waals surface area contributed by atoms with Crippen molar-refractivity contribution in [2.45, 2.75) is 78.2 Å². The average molecular weight is 514 g/mol. The Morgan fingerprint density at radius 2 is 1.61 bits per heavy atom. The molecule has 196 valence electrons. The van der Waals surface area contributed by atoms with Crippen molar-refractivity contribution < 1.29 is 19.1 Å². The molecule has 0 bridgehead atoms. The molecule has 2 aromatic carbocycles. The number of rotatable bonds is 8. The maximum atomic E-state index is 13.9. The fourth-order valence-electron chi connectivity index (χ4n) is 3.79. The molecule has 7 nitrogen and oxygen atoms in total. The molecule has 2 atom stereocenters. The number of hydrogen-bond acceptors (Lipinski definition) is 5. The number of aryl methyl sites for hydroxylation is 1. The van der Waals surface area contributed by atoms with Crippen LogP contribution in [0.2, 0.25) is 0 Å². The molecule has 0 radical (unpaired) electrons. The molecular formula is C28H39N3O4S. The summed E-state index contributed by atoms with van der Waals surface area (Å²) >= 11 is 4.33. The van der Waals surface area contributed by atoms with Crippen LogP contribution in [0.3, 0.4) is 0 Å². The van der Waals surface area contributed by atoms with E-state index in [1.54, 1.807) is 20.8 Å². The SMILES string of the molecule is Cc1cccc(C(C(=O)NCc2ccccc2)N(C(=O)C(CS)NC(=O)OC(C)(C)C)C(C)(C)C)c1. The van der Waals surface area contributed by atoms with Crippen LogP contribution >= 0.6 is 12.6 Å². The standard InChI is InChI=1S/C28H39N3O4S/c1-19-12-11-15-21(16-19)23(24(32)29-17-20-13-9-8-10-14-20)31(27(2,3)4)25(33)22(18-36)30-26(34)35-28(5,6)7/h8-16,22-23,36H,17-18H2,1-7H3,(H,29,32)(H,30,34). The predicted molar refractivity (Wildman–Crippen MR) is 146 cm³/mol. The zero-order valence-electron chi connectivity index (χ0n) is 22.3. The van der Waals surface area contributed by atoms with E-state index >= 15 is 0 Å². The Hall–Kier alpha value is -3.00. The molecule has 0 fully saturated rings. The lowest BCUT2D eigenvalue weighted by Crippen LogP contribution is -2.59. The van der Waals surface area contributed by atoms with Gasteiger partial charge in [0.2, 0.25) is 11.8 Å². The van der Waals surface area contributed by atoms with Crippen molar-refractivity contribution in [3.05, 3.63) is 71.3 Å². The molecule has 0 spiro atoms. The van der Waals surface area contributed by atoms with Gasteiger partial charge in [0.1, 0.15) is 17.7 Å². The van der Waals surface area contributed by atoms with Gasteiger partial charge in [0.05, 0.1) is 0 Å². The van der Waals surface area contributed by atoms with Crippen LogP contribution in [0.25, 0.3) is 0 Å². The first-order valence-electron chi connectivity index (χ1n) is 12.0. The number of alkyl carbamates (subject to hydrolysis) is 1. The molecule has 0 aromatic heterocycles. The van der Waals surface area contributed by atoms with Gasteiger partial charge in [-0.25, -0.2) is 4.79 Å². The molecule has 2 N–H and O–H groups in total. The number of nitrogens with one attached hydrogen (secondary N) is 2. The zero-order chi connectivity index (χ0) is 27.1. The second kappa shape index (κ2) is 12.3. The summed E-state index contributed by atoms with van der Waals surface area (Å²) in [4.78, 5) is 41.6. The van der Waals surface area contributed by atoms with Crippen LogP contribution in [0, 0.1) is 6.92 Å². The summed E-state index contributed by atoms with van der Waals surface area (Å²) < 4.78 is 5.35. The van der Waals surface area contributed by atoms with Crippen LogP contribution in [0.1, 0.15) is 64.3 Å². The number of benzene rings is 2. The summed E-state index contributed by atoms with van der Waals surface area (Å²) in [6, 6.07) is 15.2. The Balaban J connectivity index is 2.45. The number of nitrogens with zero attached hydrogens (tertiary/aromatic N) is 1. The Bertz CT molecular complexity index is 1040. The van der Waals surface area contributed by atoms with Gasteiger partial charge in [0.15, 0.2) is 0 Å². The minimum atomic E-state index is -0.989. The van der Waals surface area contributed by atoms with Gasteiger partial charge in [-0.1, -0.05) is 60.2 Å². The maximum Gasteiger partial charge on any atom is 0.408 e. The molecule has 0 heterocycles. The predicted octanol–water partition coefficient (Wildman–Crippen LogP) is 4.80.